The molecular formula is C21H22N4OS. The second-order valence-corrected chi connectivity index (χ2v) is 8.11. The van der Waals surface area contributed by atoms with Gasteiger partial charge in [-0.15, -0.1) is 5.10 Å². The molecule has 2 N–H and O–H groups in total. The lowest BCUT2D eigenvalue weighted by Crippen LogP contribution is -2.35. The largest absolute Gasteiger partial charge is 0.344 e. The first-order chi connectivity index (χ1) is 13.2. The van der Waals surface area contributed by atoms with E-state index in [0.29, 0.717) is 11.1 Å². The Hall–Kier alpha value is -2.60. The number of benzene rings is 2. The van der Waals surface area contributed by atoms with Gasteiger partial charge in [-0.05, 0) is 30.9 Å². The SMILES string of the molecule is CC(Sc1n[nH]c(C2CC2)n1)C(=O)NC(c1ccccc1)c1ccccc1. The lowest BCUT2D eigenvalue weighted by Gasteiger charge is -2.21. The van der Waals surface area contributed by atoms with Crippen LogP contribution in [0.4, 0.5) is 0 Å². The highest BCUT2D eigenvalue weighted by Gasteiger charge is 2.28. The molecule has 138 valence electrons. The Morgan fingerprint density at radius 2 is 1.67 bits per heavy atom. The summed E-state index contributed by atoms with van der Waals surface area (Å²) in [5, 5.41) is 10.8. The molecule has 1 unspecified atom stereocenters. The molecule has 0 saturated heterocycles. The highest BCUT2D eigenvalue weighted by Crippen LogP contribution is 2.38. The predicted molar refractivity (Wildman–Crippen MR) is 107 cm³/mol. The molecule has 1 heterocycles. The van der Waals surface area contributed by atoms with E-state index in [0.717, 1.165) is 17.0 Å². The number of hydrogen-bond acceptors (Lipinski definition) is 4. The topological polar surface area (TPSA) is 70.7 Å². The van der Waals surface area contributed by atoms with Crippen molar-refractivity contribution in [3.63, 3.8) is 0 Å². The number of aromatic nitrogens is 3. The molecule has 3 aromatic rings. The predicted octanol–water partition coefficient (Wildman–Crippen LogP) is 4.07. The van der Waals surface area contributed by atoms with E-state index in [2.05, 4.69) is 20.5 Å². The Labute approximate surface area is 163 Å². The zero-order valence-electron chi connectivity index (χ0n) is 15.1. The minimum atomic E-state index is -0.289. The molecular weight excluding hydrogens is 356 g/mol. The highest BCUT2D eigenvalue weighted by molar-refractivity contribution is 8.00. The van der Waals surface area contributed by atoms with Crippen molar-refractivity contribution in [2.45, 2.75) is 42.1 Å². The molecule has 1 saturated carbocycles. The van der Waals surface area contributed by atoms with Crippen LogP contribution in [0.1, 0.15) is 48.7 Å². The molecule has 0 bridgehead atoms. The van der Waals surface area contributed by atoms with E-state index in [9.17, 15) is 4.79 Å². The molecule has 1 atom stereocenters. The number of amides is 1. The van der Waals surface area contributed by atoms with Crippen molar-refractivity contribution in [3.05, 3.63) is 77.6 Å². The first kappa shape index (κ1) is 17.8. The van der Waals surface area contributed by atoms with Gasteiger partial charge in [0, 0.05) is 5.92 Å². The van der Waals surface area contributed by atoms with Crippen LogP contribution in [0.15, 0.2) is 65.8 Å². The third kappa shape index (κ3) is 4.39. The fraction of sp³-hybridized carbons (Fsp3) is 0.286. The van der Waals surface area contributed by atoms with Crippen molar-refractivity contribution >= 4 is 17.7 Å². The summed E-state index contributed by atoms with van der Waals surface area (Å²) in [6.45, 7) is 1.89. The average Bonchev–Trinajstić information content (AvgIpc) is 3.46. The molecule has 2 aromatic carbocycles. The first-order valence-corrected chi connectivity index (χ1v) is 10.1. The van der Waals surface area contributed by atoms with E-state index < -0.39 is 0 Å². The molecule has 6 heteroatoms. The summed E-state index contributed by atoms with van der Waals surface area (Å²) in [6.07, 6.45) is 2.34. The van der Waals surface area contributed by atoms with Gasteiger partial charge in [-0.2, -0.15) is 0 Å². The maximum absolute atomic E-state index is 12.9. The van der Waals surface area contributed by atoms with Gasteiger partial charge in [-0.1, -0.05) is 72.4 Å². The fourth-order valence-corrected chi connectivity index (χ4v) is 3.71. The second-order valence-electron chi connectivity index (χ2n) is 6.80. The monoisotopic (exact) mass is 378 g/mol. The molecule has 27 heavy (non-hydrogen) atoms. The molecule has 0 aliphatic heterocycles. The summed E-state index contributed by atoms with van der Waals surface area (Å²) in [4.78, 5) is 17.4. The fourth-order valence-electron chi connectivity index (χ4n) is 2.97. The number of nitrogens with one attached hydrogen (secondary N) is 2. The average molecular weight is 379 g/mol. The van der Waals surface area contributed by atoms with Crippen LogP contribution in [0.25, 0.3) is 0 Å². The number of thioether (sulfide) groups is 1. The van der Waals surface area contributed by atoms with E-state index in [1.54, 1.807) is 0 Å². The summed E-state index contributed by atoms with van der Waals surface area (Å²) >= 11 is 1.38. The van der Waals surface area contributed by atoms with Crippen LogP contribution in [0.3, 0.4) is 0 Å². The summed E-state index contributed by atoms with van der Waals surface area (Å²) in [5.41, 5.74) is 2.12. The number of rotatable bonds is 7. The van der Waals surface area contributed by atoms with Gasteiger partial charge in [0.05, 0.1) is 11.3 Å². The molecule has 1 fully saturated rings. The second kappa shape index (κ2) is 7.96. The van der Waals surface area contributed by atoms with Gasteiger partial charge < -0.3 is 5.32 Å². The lowest BCUT2D eigenvalue weighted by molar-refractivity contribution is -0.120. The van der Waals surface area contributed by atoms with Crippen LogP contribution >= 0.6 is 11.8 Å². The van der Waals surface area contributed by atoms with Gasteiger partial charge in [0.2, 0.25) is 11.1 Å². The van der Waals surface area contributed by atoms with Crippen molar-refractivity contribution in [1.29, 1.82) is 0 Å². The van der Waals surface area contributed by atoms with E-state index >= 15 is 0 Å². The zero-order chi connectivity index (χ0) is 18.6. The van der Waals surface area contributed by atoms with Crippen LogP contribution in [-0.4, -0.2) is 26.3 Å². The molecule has 1 aliphatic carbocycles. The molecule has 0 radical (unpaired) electrons. The Bertz CT molecular complexity index is 853. The number of carbonyl (C=O) groups excluding carboxylic acids is 1. The lowest BCUT2D eigenvalue weighted by atomic mass is 9.98. The van der Waals surface area contributed by atoms with Gasteiger partial charge in [0.15, 0.2) is 0 Å². The van der Waals surface area contributed by atoms with Crippen LogP contribution in [0, 0.1) is 0 Å². The van der Waals surface area contributed by atoms with Crippen molar-refractivity contribution in [1.82, 2.24) is 20.5 Å². The quantitative estimate of drug-likeness (QED) is 0.608. The van der Waals surface area contributed by atoms with Crippen LogP contribution in [0.5, 0.6) is 0 Å². The van der Waals surface area contributed by atoms with Gasteiger partial charge >= 0.3 is 0 Å². The third-order valence-corrected chi connectivity index (χ3v) is 5.61. The van der Waals surface area contributed by atoms with Gasteiger partial charge in [0.1, 0.15) is 5.82 Å². The number of H-pyrrole nitrogens is 1. The van der Waals surface area contributed by atoms with Crippen molar-refractivity contribution < 1.29 is 4.79 Å². The van der Waals surface area contributed by atoms with E-state index in [4.69, 9.17) is 0 Å². The Morgan fingerprint density at radius 1 is 1.07 bits per heavy atom. The molecule has 1 amide bonds. The Morgan fingerprint density at radius 3 is 2.22 bits per heavy atom. The zero-order valence-corrected chi connectivity index (χ0v) is 15.9. The summed E-state index contributed by atoms with van der Waals surface area (Å²) < 4.78 is 0. The Balaban J connectivity index is 1.47. The first-order valence-electron chi connectivity index (χ1n) is 9.20. The van der Waals surface area contributed by atoms with E-state index in [-0.39, 0.29) is 17.2 Å². The molecule has 0 spiro atoms. The maximum atomic E-state index is 12.9. The maximum Gasteiger partial charge on any atom is 0.234 e. The smallest absolute Gasteiger partial charge is 0.234 e. The number of nitrogens with zero attached hydrogens (tertiary/aromatic N) is 2. The summed E-state index contributed by atoms with van der Waals surface area (Å²) in [5.74, 6) is 1.43. The van der Waals surface area contributed by atoms with Crippen LogP contribution in [-0.2, 0) is 4.79 Å². The van der Waals surface area contributed by atoms with Crippen molar-refractivity contribution in [2.75, 3.05) is 0 Å². The van der Waals surface area contributed by atoms with E-state index in [1.165, 1.54) is 24.6 Å². The third-order valence-electron chi connectivity index (χ3n) is 4.65. The number of aromatic amines is 1. The van der Waals surface area contributed by atoms with E-state index in [1.807, 2.05) is 67.6 Å². The Kier molecular flexibility index (Phi) is 5.25. The number of hydrogen-bond donors (Lipinski definition) is 2. The number of carbonyl (C=O) groups is 1. The normalized spacial score (nSPS) is 14.9. The van der Waals surface area contributed by atoms with Crippen molar-refractivity contribution in [2.24, 2.45) is 0 Å². The molecule has 4 rings (SSSR count). The summed E-state index contributed by atoms with van der Waals surface area (Å²) in [6, 6.07) is 19.9. The van der Waals surface area contributed by atoms with Crippen molar-refractivity contribution in [3.8, 4) is 0 Å². The molecule has 5 nitrogen and oxygen atoms in total. The van der Waals surface area contributed by atoms with Gasteiger partial charge in [0.25, 0.3) is 0 Å². The van der Waals surface area contributed by atoms with Crippen LogP contribution < -0.4 is 5.32 Å². The molecule has 1 aliphatic rings. The highest BCUT2D eigenvalue weighted by atomic mass is 32.2. The van der Waals surface area contributed by atoms with Crippen LogP contribution in [0.2, 0.25) is 0 Å². The summed E-state index contributed by atoms with van der Waals surface area (Å²) in [7, 11) is 0. The standard InChI is InChI=1S/C21H22N4OS/c1-14(27-21-23-19(24-25-21)17-12-13-17)20(26)22-18(15-8-4-2-5-9-15)16-10-6-3-7-11-16/h2-11,14,17-18H,12-13H2,1H3,(H,22,26)(H,23,24,25). The minimum absolute atomic E-state index is 0.0320. The molecule has 1 aromatic heterocycles. The van der Waals surface area contributed by atoms with Gasteiger partial charge in [-0.3, -0.25) is 9.89 Å². The van der Waals surface area contributed by atoms with Gasteiger partial charge in [-0.25, -0.2) is 4.98 Å². The minimum Gasteiger partial charge on any atom is -0.344 e.